The van der Waals surface area contributed by atoms with Crippen LogP contribution in [0, 0.1) is 5.92 Å². The summed E-state index contributed by atoms with van der Waals surface area (Å²) in [5.74, 6) is 0.627. The first-order chi connectivity index (χ1) is 23.9. The number of benzene rings is 3. The van der Waals surface area contributed by atoms with E-state index >= 15 is 0 Å². The van der Waals surface area contributed by atoms with Crippen LogP contribution in [-0.4, -0.2) is 73.5 Å². The summed E-state index contributed by atoms with van der Waals surface area (Å²) in [6, 6.07) is 23.2. The number of carbonyl (C=O) groups excluding carboxylic acids is 3. The van der Waals surface area contributed by atoms with Crippen molar-refractivity contribution >= 4 is 28.5 Å². The maximum atomic E-state index is 14.2. The number of carbonyl (C=O) groups is 3. The summed E-state index contributed by atoms with van der Waals surface area (Å²) in [5, 5.41) is 18.6. The molecule has 0 radical (unpaired) electrons. The van der Waals surface area contributed by atoms with Gasteiger partial charge in [-0.25, -0.2) is 0 Å². The molecule has 10 nitrogen and oxygen atoms in total. The van der Waals surface area contributed by atoms with Gasteiger partial charge in [-0.2, -0.15) is 0 Å². The fourth-order valence-corrected chi connectivity index (χ4v) is 7.07. The van der Waals surface area contributed by atoms with Crippen LogP contribution in [0.2, 0.25) is 0 Å². The minimum atomic E-state index is -0.437. The van der Waals surface area contributed by atoms with Crippen LogP contribution in [0.25, 0.3) is 10.8 Å². The molecule has 7 N–H and O–H groups in total. The third kappa shape index (κ3) is 9.83. The van der Waals surface area contributed by atoms with E-state index in [1.165, 1.54) is 6.42 Å². The van der Waals surface area contributed by atoms with Gasteiger partial charge in [0.15, 0.2) is 0 Å². The van der Waals surface area contributed by atoms with E-state index in [1.807, 2.05) is 83.8 Å². The highest BCUT2D eigenvalue weighted by Crippen LogP contribution is 2.26. The van der Waals surface area contributed by atoms with Gasteiger partial charge in [0.1, 0.15) is 0 Å². The molecule has 49 heavy (non-hydrogen) atoms. The Hall–Kier alpha value is -4.41. The summed E-state index contributed by atoms with van der Waals surface area (Å²) in [5.41, 5.74) is 7.72. The third-order valence-corrected chi connectivity index (χ3v) is 10.0. The molecule has 4 atom stereocenters. The fourth-order valence-electron chi connectivity index (χ4n) is 7.07. The number of hydrogen-bond acceptors (Lipinski definition) is 7. The minimum Gasteiger partial charge on any atom is -0.386 e. The first-order valence-electron chi connectivity index (χ1n) is 18.0. The lowest BCUT2D eigenvalue weighted by Crippen LogP contribution is -2.50. The van der Waals surface area contributed by atoms with Crippen molar-refractivity contribution in [3.63, 3.8) is 0 Å². The predicted molar refractivity (Wildman–Crippen MR) is 193 cm³/mol. The highest BCUT2D eigenvalue weighted by molar-refractivity contribution is 5.98. The lowest BCUT2D eigenvalue weighted by Gasteiger charge is -2.31. The Morgan fingerprint density at radius 2 is 1.69 bits per heavy atom. The molecule has 3 aromatic rings. The number of fused-ring (bicyclic) bond motifs is 1. The molecular weight excluding hydrogens is 614 g/mol. The lowest BCUT2D eigenvalue weighted by molar-refractivity contribution is -0.134. The molecular formula is C39H51N7O3. The Labute approximate surface area is 289 Å². The van der Waals surface area contributed by atoms with Gasteiger partial charge in [0.05, 0.1) is 17.9 Å². The maximum Gasteiger partial charge on any atom is 0.251 e. The number of hydrogen-bond donors (Lipinski definition) is 6. The van der Waals surface area contributed by atoms with Gasteiger partial charge in [-0.05, 0) is 66.6 Å². The van der Waals surface area contributed by atoms with E-state index in [2.05, 4.69) is 26.6 Å². The zero-order chi connectivity index (χ0) is 34.0. The van der Waals surface area contributed by atoms with Gasteiger partial charge in [-0.3, -0.25) is 14.4 Å². The Morgan fingerprint density at radius 1 is 0.939 bits per heavy atom. The highest BCUT2D eigenvalue weighted by Gasteiger charge is 2.33. The highest BCUT2D eigenvalue weighted by atomic mass is 16.2. The molecule has 3 fully saturated rings. The van der Waals surface area contributed by atoms with Crippen LogP contribution in [0.3, 0.4) is 0 Å². The molecule has 0 spiro atoms. The topological polar surface area (TPSA) is 151 Å². The molecule has 0 aromatic heterocycles. The van der Waals surface area contributed by atoms with Crippen molar-refractivity contribution in [1.82, 2.24) is 31.5 Å². The van der Waals surface area contributed by atoms with Crippen molar-refractivity contribution in [2.24, 2.45) is 11.7 Å². The minimum absolute atomic E-state index is 0.0156. The van der Waals surface area contributed by atoms with E-state index in [1.54, 1.807) is 0 Å². The SMILES string of the molecule is N/C(=C/C1CN1)NCCC[C@@H]1N[C@H](CNC(=O)c2ccc3ccccc3c2)CCN(C[C@@H](NC(=O)C2CCCCC2)c2ccccc2)C1=O. The molecule has 1 saturated carbocycles. The summed E-state index contributed by atoms with van der Waals surface area (Å²) in [7, 11) is 0. The van der Waals surface area contributed by atoms with Crippen molar-refractivity contribution < 1.29 is 14.4 Å². The normalized spacial score (nSPS) is 22.3. The van der Waals surface area contributed by atoms with Crippen LogP contribution in [0.1, 0.15) is 73.3 Å². The second kappa shape index (κ2) is 16.8. The van der Waals surface area contributed by atoms with Crippen LogP contribution in [0.4, 0.5) is 0 Å². The molecule has 0 bridgehead atoms. The number of nitrogens with one attached hydrogen (secondary N) is 5. The predicted octanol–water partition coefficient (Wildman–Crippen LogP) is 3.71. The van der Waals surface area contributed by atoms with Gasteiger partial charge in [-0.1, -0.05) is 79.9 Å². The molecule has 1 unspecified atom stereocenters. The molecule has 10 heteroatoms. The van der Waals surface area contributed by atoms with E-state index in [0.717, 1.165) is 55.0 Å². The third-order valence-electron chi connectivity index (χ3n) is 10.0. The molecule has 2 saturated heterocycles. The van der Waals surface area contributed by atoms with Crippen LogP contribution in [0.15, 0.2) is 84.7 Å². The van der Waals surface area contributed by atoms with Gasteiger partial charge >= 0.3 is 0 Å². The summed E-state index contributed by atoms with van der Waals surface area (Å²) >= 11 is 0. The van der Waals surface area contributed by atoms with Crippen LogP contribution in [0.5, 0.6) is 0 Å². The number of amides is 3. The summed E-state index contributed by atoms with van der Waals surface area (Å²) < 4.78 is 0. The largest absolute Gasteiger partial charge is 0.386 e. The molecule has 3 amide bonds. The van der Waals surface area contributed by atoms with E-state index in [-0.39, 0.29) is 35.7 Å². The quantitative estimate of drug-likeness (QED) is 0.114. The van der Waals surface area contributed by atoms with Gasteiger partial charge in [0, 0.05) is 56.3 Å². The smallest absolute Gasteiger partial charge is 0.251 e. The molecule has 3 aromatic carbocycles. The number of nitrogens with zero attached hydrogens (tertiary/aromatic N) is 1. The van der Waals surface area contributed by atoms with E-state index in [0.29, 0.717) is 56.4 Å². The summed E-state index contributed by atoms with van der Waals surface area (Å²) in [6.07, 6.45) is 9.17. The average Bonchev–Trinajstić information content (AvgIpc) is 3.97. The Bertz CT molecular complexity index is 1600. The molecule has 3 aliphatic rings. The monoisotopic (exact) mass is 665 g/mol. The first kappa shape index (κ1) is 34.5. The zero-order valence-electron chi connectivity index (χ0n) is 28.3. The summed E-state index contributed by atoms with van der Waals surface area (Å²) in [6.45, 7) is 2.89. The van der Waals surface area contributed by atoms with Crippen LogP contribution >= 0.6 is 0 Å². The van der Waals surface area contributed by atoms with Gasteiger partial charge in [0.2, 0.25) is 11.8 Å². The molecule has 6 rings (SSSR count). The van der Waals surface area contributed by atoms with Crippen molar-refractivity contribution in [2.75, 3.05) is 32.7 Å². The first-order valence-corrected chi connectivity index (χ1v) is 18.0. The second-order valence-corrected chi connectivity index (χ2v) is 13.8. The van der Waals surface area contributed by atoms with E-state index in [9.17, 15) is 14.4 Å². The molecule has 1 aliphatic carbocycles. The Kier molecular flexibility index (Phi) is 11.8. The number of nitrogens with two attached hydrogens (primary N) is 1. The molecule has 2 heterocycles. The van der Waals surface area contributed by atoms with Crippen molar-refractivity contribution in [2.45, 2.75) is 75.5 Å². The second-order valence-electron chi connectivity index (χ2n) is 13.8. The Morgan fingerprint density at radius 3 is 2.47 bits per heavy atom. The van der Waals surface area contributed by atoms with E-state index in [4.69, 9.17) is 5.73 Å². The number of rotatable bonds is 14. The van der Waals surface area contributed by atoms with Crippen LogP contribution < -0.4 is 32.3 Å². The lowest BCUT2D eigenvalue weighted by atomic mass is 9.88. The van der Waals surface area contributed by atoms with Gasteiger partial charge in [-0.15, -0.1) is 0 Å². The summed E-state index contributed by atoms with van der Waals surface area (Å²) in [4.78, 5) is 42.8. The molecule has 2 aliphatic heterocycles. The maximum absolute atomic E-state index is 14.2. The van der Waals surface area contributed by atoms with Gasteiger partial charge in [0.25, 0.3) is 5.91 Å². The average molecular weight is 666 g/mol. The molecule has 260 valence electrons. The van der Waals surface area contributed by atoms with E-state index < -0.39 is 6.04 Å². The fraction of sp³-hybridized carbons (Fsp3) is 0.462. The van der Waals surface area contributed by atoms with Crippen LogP contribution in [-0.2, 0) is 9.59 Å². The van der Waals surface area contributed by atoms with Crippen molar-refractivity contribution in [1.29, 1.82) is 0 Å². The standard InChI is InChI=1S/C39H51N7O3/c40-36(23-33-25-42-33)41-20-9-16-34-39(49)46(26-35(28-11-3-1-4-12-28)45-38(48)29-13-5-2-6-14-29)21-19-32(44-34)24-43-37(47)31-18-17-27-10-7-8-15-30(27)22-31/h1,3-4,7-8,10-12,15,17-18,22-23,29,32-35,41-42,44H,2,5-6,9,13-14,16,19-21,24-26,40H2,(H,43,47)(H,45,48)/b36-23-/t32-,33?,34-,35+/m0/s1. The van der Waals surface area contributed by atoms with Crippen molar-refractivity contribution in [3.05, 3.63) is 95.8 Å². The zero-order valence-corrected chi connectivity index (χ0v) is 28.3. The Balaban J connectivity index is 1.13. The van der Waals surface area contributed by atoms with Crippen molar-refractivity contribution in [3.8, 4) is 0 Å². The van der Waals surface area contributed by atoms with Gasteiger partial charge < -0.3 is 37.2 Å².